The molecule has 2 aromatic heterocycles. The Labute approximate surface area is 260 Å². The first-order chi connectivity index (χ1) is 21.6. The number of aromatic nitrogens is 3. The number of hydrogen-bond donors (Lipinski definition) is 2. The topological polar surface area (TPSA) is 94.5 Å². The smallest absolute Gasteiger partial charge is 0.384 e. The molecule has 2 aliphatic heterocycles. The summed E-state index contributed by atoms with van der Waals surface area (Å²) in [6, 6.07) is 11.9. The van der Waals surface area contributed by atoms with Crippen LogP contribution in [0.4, 0.5) is 18.9 Å². The van der Waals surface area contributed by atoms with Crippen LogP contribution < -0.4 is 5.32 Å². The monoisotopic (exact) mass is 618 g/mol. The maximum Gasteiger partial charge on any atom is 0.416 e. The molecule has 9 rings (SSSR count). The molecule has 6 aliphatic rings. The molecule has 2 saturated heterocycles. The van der Waals surface area contributed by atoms with E-state index in [-0.39, 0.29) is 22.9 Å². The highest BCUT2D eigenvalue weighted by atomic mass is 19.4. The van der Waals surface area contributed by atoms with Gasteiger partial charge in [-0.05, 0) is 94.2 Å². The minimum Gasteiger partial charge on any atom is -0.384 e. The summed E-state index contributed by atoms with van der Waals surface area (Å²) in [5.41, 5.74) is -0.278. The fourth-order valence-electron chi connectivity index (χ4n) is 9.17. The lowest BCUT2D eigenvalue weighted by molar-refractivity contribution is -0.180. The van der Waals surface area contributed by atoms with E-state index in [4.69, 9.17) is 0 Å². The standard InChI is InChI=1S/C34H37F3N6O2/c35-34(36,37)23-3-1-4-24(17-23)41-32-19-31(20-32,21-32)30(44)43-16-10-26-27(43)9-15-42(26)25-7-11-33(45,12-8-25)28-6-5-22(18-40-28)29-38-13-2-14-39-29/h1-6,13-14,17-18,25-27,41,45H,7-12,15-16,19-21H2/t25-,26?,27?,31?,32?,33-. The number of hydrogen-bond acceptors (Lipinski definition) is 7. The minimum atomic E-state index is -4.38. The number of nitrogens with one attached hydrogen (secondary N) is 1. The van der Waals surface area contributed by atoms with Gasteiger partial charge in [0.25, 0.3) is 0 Å². The van der Waals surface area contributed by atoms with Crippen molar-refractivity contribution in [2.45, 2.75) is 93.2 Å². The van der Waals surface area contributed by atoms with Crippen molar-refractivity contribution in [2.75, 3.05) is 18.4 Å². The number of alkyl halides is 3. The van der Waals surface area contributed by atoms with Crippen molar-refractivity contribution in [3.63, 3.8) is 0 Å². The van der Waals surface area contributed by atoms with Gasteiger partial charge in [0.15, 0.2) is 5.82 Å². The maximum atomic E-state index is 13.8. The maximum absolute atomic E-state index is 13.8. The van der Waals surface area contributed by atoms with Crippen LogP contribution in [0.5, 0.6) is 0 Å². The van der Waals surface area contributed by atoms with Crippen LogP contribution in [0.2, 0.25) is 0 Å². The normalized spacial score (nSPS) is 34.1. The van der Waals surface area contributed by atoms with E-state index in [0.717, 1.165) is 56.5 Å². The number of halogens is 3. The number of carbonyl (C=O) groups is 1. The van der Waals surface area contributed by atoms with Crippen molar-refractivity contribution in [3.8, 4) is 11.4 Å². The molecule has 6 fully saturated rings. The molecule has 4 saturated carbocycles. The zero-order chi connectivity index (χ0) is 31.0. The average molecular weight is 619 g/mol. The molecule has 45 heavy (non-hydrogen) atoms. The second-order valence-corrected chi connectivity index (χ2v) is 14.0. The molecular weight excluding hydrogens is 581 g/mol. The van der Waals surface area contributed by atoms with Gasteiger partial charge in [-0.25, -0.2) is 9.97 Å². The summed E-state index contributed by atoms with van der Waals surface area (Å²) in [5.74, 6) is 0.846. The summed E-state index contributed by atoms with van der Waals surface area (Å²) in [6.07, 6.45) is 7.78. The van der Waals surface area contributed by atoms with Crippen LogP contribution >= 0.6 is 0 Å². The summed E-state index contributed by atoms with van der Waals surface area (Å²) in [6.45, 7) is 1.72. The Bertz CT molecular complexity index is 1570. The first kappa shape index (κ1) is 28.9. The molecule has 4 aliphatic carbocycles. The fraction of sp³-hybridized carbons (Fsp3) is 0.529. The molecule has 8 nitrogen and oxygen atoms in total. The molecule has 11 heteroatoms. The molecule has 2 unspecified atom stereocenters. The number of rotatable bonds is 6. The first-order valence-electron chi connectivity index (χ1n) is 16.1. The van der Waals surface area contributed by atoms with Gasteiger partial charge < -0.3 is 15.3 Å². The van der Waals surface area contributed by atoms with Crippen LogP contribution in [0.3, 0.4) is 0 Å². The van der Waals surface area contributed by atoms with Crippen molar-refractivity contribution in [2.24, 2.45) is 5.41 Å². The Hall–Kier alpha value is -3.57. The second-order valence-electron chi connectivity index (χ2n) is 14.0. The molecule has 1 amide bonds. The van der Waals surface area contributed by atoms with E-state index in [2.05, 4.69) is 30.1 Å². The predicted octanol–water partition coefficient (Wildman–Crippen LogP) is 5.40. The van der Waals surface area contributed by atoms with Gasteiger partial charge in [-0.15, -0.1) is 0 Å². The zero-order valence-electron chi connectivity index (χ0n) is 25.0. The van der Waals surface area contributed by atoms with Gasteiger partial charge >= 0.3 is 6.18 Å². The second kappa shape index (κ2) is 10.2. The highest BCUT2D eigenvalue weighted by Crippen LogP contribution is 2.69. The van der Waals surface area contributed by atoms with E-state index >= 15 is 0 Å². The number of aliphatic hydroxyl groups is 1. The summed E-state index contributed by atoms with van der Waals surface area (Å²) >= 11 is 0. The lowest BCUT2D eigenvalue weighted by atomic mass is 9.39. The molecule has 236 valence electrons. The number of anilines is 1. The molecule has 0 radical (unpaired) electrons. The molecular formula is C34H37F3N6O2. The summed E-state index contributed by atoms with van der Waals surface area (Å²) in [7, 11) is 0. The third-order valence-corrected chi connectivity index (χ3v) is 11.3. The van der Waals surface area contributed by atoms with Crippen LogP contribution in [0.25, 0.3) is 11.4 Å². The largest absolute Gasteiger partial charge is 0.416 e. The number of likely N-dealkylation sites (tertiary alicyclic amines) is 2. The Morgan fingerprint density at radius 1 is 0.911 bits per heavy atom. The van der Waals surface area contributed by atoms with Crippen LogP contribution in [0.15, 0.2) is 61.1 Å². The quantitative estimate of drug-likeness (QED) is 0.382. The van der Waals surface area contributed by atoms with E-state index in [1.54, 1.807) is 30.7 Å². The van der Waals surface area contributed by atoms with E-state index in [1.807, 2.05) is 12.1 Å². The van der Waals surface area contributed by atoms with E-state index in [0.29, 0.717) is 61.4 Å². The number of amides is 1. The number of nitrogens with zero attached hydrogens (tertiary/aromatic N) is 5. The van der Waals surface area contributed by atoms with Crippen LogP contribution in [0, 0.1) is 5.41 Å². The lowest BCUT2D eigenvalue weighted by Crippen LogP contribution is -2.75. The van der Waals surface area contributed by atoms with E-state index < -0.39 is 17.3 Å². The Morgan fingerprint density at radius 3 is 2.33 bits per heavy atom. The highest BCUT2D eigenvalue weighted by Gasteiger charge is 2.73. The van der Waals surface area contributed by atoms with Gasteiger partial charge in [-0.1, -0.05) is 6.07 Å². The predicted molar refractivity (Wildman–Crippen MR) is 161 cm³/mol. The molecule has 2 atom stereocenters. The average Bonchev–Trinajstić information content (AvgIpc) is 3.62. The lowest BCUT2D eigenvalue weighted by Gasteiger charge is -2.70. The van der Waals surface area contributed by atoms with Gasteiger partial charge in [0.05, 0.1) is 16.7 Å². The van der Waals surface area contributed by atoms with Crippen molar-refractivity contribution >= 4 is 11.6 Å². The zero-order valence-corrected chi connectivity index (χ0v) is 25.0. The summed E-state index contributed by atoms with van der Waals surface area (Å²) in [4.78, 5) is 31.7. The van der Waals surface area contributed by atoms with Crippen molar-refractivity contribution in [1.29, 1.82) is 0 Å². The minimum absolute atomic E-state index is 0.217. The number of pyridine rings is 1. The van der Waals surface area contributed by atoms with Crippen LogP contribution in [-0.4, -0.2) is 72.5 Å². The Kier molecular flexibility index (Phi) is 6.56. The van der Waals surface area contributed by atoms with Crippen LogP contribution in [-0.2, 0) is 16.6 Å². The highest BCUT2D eigenvalue weighted by molar-refractivity contribution is 5.88. The van der Waals surface area contributed by atoms with Crippen molar-refractivity contribution < 1.29 is 23.1 Å². The number of fused-ring (bicyclic) bond motifs is 1. The van der Waals surface area contributed by atoms with Crippen molar-refractivity contribution in [1.82, 2.24) is 24.8 Å². The fourth-order valence-corrected chi connectivity index (χ4v) is 9.17. The number of benzene rings is 1. The van der Waals surface area contributed by atoms with Gasteiger partial charge in [0, 0.05) is 66.6 Å². The Balaban J connectivity index is 0.859. The molecule has 3 aromatic rings. The van der Waals surface area contributed by atoms with Gasteiger partial charge in [0.2, 0.25) is 5.91 Å². The van der Waals surface area contributed by atoms with Crippen molar-refractivity contribution in [3.05, 3.63) is 72.3 Å². The van der Waals surface area contributed by atoms with Gasteiger partial charge in [0.1, 0.15) is 5.60 Å². The SMILES string of the molecule is O=C(N1CCC2C1CCN2[C@H]1CC[C@@](O)(c2ccc(-c3ncccn3)cn2)CC1)C12CC(Nc3cccc(C(F)(F)F)c3)(C1)C2. The van der Waals surface area contributed by atoms with E-state index in [1.165, 1.54) is 6.07 Å². The summed E-state index contributed by atoms with van der Waals surface area (Å²) < 4.78 is 39.5. The summed E-state index contributed by atoms with van der Waals surface area (Å²) in [5, 5.41) is 14.9. The third-order valence-electron chi connectivity index (χ3n) is 11.3. The third kappa shape index (κ3) is 4.81. The van der Waals surface area contributed by atoms with Gasteiger partial charge in [-0.2, -0.15) is 13.2 Å². The molecule has 1 aromatic carbocycles. The first-order valence-corrected chi connectivity index (χ1v) is 16.1. The molecule has 2 N–H and O–H groups in total. The molecule has 2 bridgehead atoms. The Morgan fingerprint density at radius 2 is 1.64 bits per heavy atom. The molecule has 0 spiro atoms. The molecule has 4 heterocycles. The van der Waals surface area contributed by atoms with Gasteiger partial charge in [-0.3, -0.25) is 14.7 Å². The van der Waals surface area contributed by atoms with Crippen LogP contribution in [0.1, 0.15) is 69.0 Å². The number of carbonyl (C=O) groups excluding carboxylic acids is 1. The van der Waals surface area contributed by atoms with E-state index in [9.17, 15) is 23.1 Å².